The highest BCUT2D eigenvalue weighted by Gasteiger charge is 2.32. The first-order valence-electron chi connectivity index (χ1n) is 8.55. The van der Waals surface area contributed by atoms with E-state index in [2.05, 4.69) is 20.1 Å². The molecule has 0 radical (unpaired) electrons. The minimum Gasteiger partial charge on any atom is -0.406 e. The van der Waals surface area contributed by atoms with Gasteiger partial charge in [0.15, 0.2) is 5.69 Å². The van der Waals surface area contributed by atoms with E-state index in [0.717, 1.165) is 24.3 Å². The van der Waals surface area contributed by atoms with E-state index >= 15 is 0 Å². The Labute approximate surface area is 171 Å². The third kappa shape index (κ3) is 5.44. The molecule has 0 aliphatic rings. The summed E-state index contributed by atoms with van der Waals surface area (Å²) in [6, 6.07) is 9.90. The van der Waals surface area contributed by atoms with Gasteiger partial charge in [-0.2, -0.15) is 28.7 Å². The Balaban J connectivity index is 1.98. The van der Waals surface area contributed by atoms with Crippen LogP contribution in [0.1, 0.15) is 16.8 Å². The Kier molecular flexibility index (Phi) is 5.79. The Hall–Kier alpha value is -3.75. The number of aromatic nitrogens is 3. The highest BCUT2D eigenvalue weighted by atomic mass is 19.4. The minimum atomic E-state index is -4.97. The first kappa shape index (κ1) is 21.9. The molecule has 12 heteroatoms. The Morgan fingerprint density at radius 2 is 1.81 bits per heavy atom. The lowest BCUT2D eigenvalue weighted by Gasteiger charge is -2.22. The topological polar surface area (TPSA) is 77.8 Å². The van der Waals surface area contributed by atoms with Crippen LogP contribution >= 0.6 is 0 Å². The molecule has 3 rings (SSSR count). The van der Waals surface area contributed by atoms with Crippen molar-refractivity contribution < 1.29 is 31.1 Å². The second-order valence-corrected chi connectivity index (χ2v) is 6.45. The Morgan fingerprint density at radius 1 is 1.06 bits per heavy atom. The van der Waals surface area contributed by atoms with Gasteiger partial charge in [-0.25, -0.2) is 0 Å². The molecule has 3 aromatic rings. The zero-order chi connectivity index (χ0) is 22.8. The van der Waals surface area contributed by atoms with Crippen LogP contribution in [-0.4, -0.2) is 28.8 Å². The summed E-state index contributed by atoms with van der Waals surface area (Å²) in [5, 5.41) is 18.7. The number of hydrogen-bond donors (Lipinski definition) is 1. The van der Waals surface area contributed by atoms with Crippen molar-refractivity contribution in [3.8, 4) is 23.1 Å². The lowest BCUT2D eigenvalue weighted by molar-refractivity contribution is -0.274. The second-order valence-electron chi connectivity index (χ2n) is 6.45. The number of H-pyrrole nitrogens is 1. The molecule has 0 aliphatic carbocycles. The van der Waals surface area contributed by atoms with Gasteiger partial charge in [-0.1, -0.05) is 12.1 Å². The van der Waals surface area contributed by atoms with Crippen molar-refractivity contribution in [2.24, 2.45) is 0 Å². The van der Waals surface area contributed by atoms with Crippen molar-refractivity contribution in [3.63, 3.8) is 0 Å². The van der Waals surface area contributed by atoms with E-state index in [0.29, 0.717) is 5.56 Å². The normalized spacial score (nSPS) is 11.8. The molecule has 0 saturated carbocycles. The maximum absolute atomic E-state index is 12.9. The van der Waals surface area contributed by atoms with Crippen LogP contribution in [0.3, 0.4) is 0 Å². The molecule has 31 heavy (non-hydrogen) atoms. The van der Waals surface area contributed by atoms with Crippen LogP contribution in [0.5, 0.6) is 5.75 Å². The van der Waals surface area contributed by atoms with Crippen LogP contribution in [0, 0.1) is 11.3 Å². The van der Waals surface area contributed by atoms with E-state index < -0.39 is 23.9 Å². The van der Waals surface area contributed by atoms with Crippen LogP contribution in [0.15, 0.2) is 42.5 Å². The largest absolute Gasteiger partial charge is 0.573 e. The van der Waals surface area contributed by atoms with Crippen molar-refractivity contribution in [1.82, 2.24) is 15.4 Å². The average molecular weight is 441 g/mol. The molecule has 1 N–H and O–H groups in total. The smallest absolute Gasteiger partial charge is 0.406 e. The van der Waals surface area contributed by atoms with E-state index in [-0.39, 0.29) is 29.2 Å². The molecular weight excluding hydrogens is 428 g/mol. The number of hydrogen-bond acceptors (Lipinski definition) is 5. The maximum Gasteiger partial charge on any atom is 0.573 e. The molecule has 0 saturated heterocycles. The van der Waals surface area contributed by atoms with Crippen molar-refractivity contribution in [2.75, 3.05) is 11.9 Å². The number of ether oxygens (including phenoxy) is 1. The van der Waals surface area contributed by atoms with Gasteiger partial charge in [-0.15, -0.1) is 18.3 Å². The maximum atomic E-state index is 12.9. The number of halogens is 6. The summed E-state index contributed by atoms with van der Waals surface area (Å²) in [7, 11) is 1.49. The Morgan fingerprint density at radius 3 is 2.45 bits per heavy atom. The number of aromatic amines is 1. The van der Waals surface area contributed by atoms with Crippen LogP contribution < -0.4 is 9.64 Å². The first-order chi connectivity index (χ1) is 14.5. The molecule has 0 amide bonds. The van der Waals surface area contributed by atoms with Crippen molar-refractivity contribution in [2.45, 2.75) is 19.1 Å². The van der Waals surface area contributed by atoms with E-state index in [9.17, 15) is 26.3 Å². The molecule has 0 fully saturated rings. The van der Waals surface area contributed by atoms with Crippen molar-refractivity contribution >= 4 is 5.69 Å². The summed E-state index contributed by atoms with van der Waals surface area (Å²) in [5.41, 5.74) is -0.381. The fourth-order valence-electron chi connectivity index (χ4n) is 2.85. The highest BCUT2D eigenvalue weighted by molar-refractivity contribution is 5.71. The number of alkyl halides is 6. The first-order valence-corrected chi connectivity index (χ1v) is 8.55. The molecular formula is C19H13F6N5O. The number of nitriles is 1. The average Bonchev–Trinajstić information content (AvgIpc) is 3.15. The molecule has 0 aliphatic heterocycles. The van der Waals surface area contributed by atoms with Gasteiger partial charge in [0.1, 0.15) is 17.5 Å². The molecule has 0 spiro atoms. The molecule has 0 atom stereocenters. The molecule has 1 aromatic heterocycles. The van der Waals surface area contributed by atoms with Crippen LogP contribution in [0.2, 0.25) is 0 Å². The van der Waals surface area contributed by atoms with Gasteiger partial charge in [0, 0.05) is 30.9 Å². The number of anilines is 1. The molecule has 0 unspecified atom stereocenters. The van der Waals surface area contributed by atoms with Gasteiger partial charge >= 0.3 is 12.5 Å². The number of nitrogens with one attached hydrogen (secondary N) is 1. The molecule has 1 heterocycles. The molecule has 2 aromatic carbocycles. The van der Waals surface area contributed by atoms with E-state index in [1.807, 2.05) is 0 Å². The number of nitrogens with zero attached hydrogens (tertiary/aromatic N) is 4. The predicted molar refractivity (Wildman–Crippen MR) is 96.8 cm³/mol. The van der Waals surface area contributed by atoms with Crippen LogP contribution in [0.4, 0.5) is 32.0 Å². The summed E-state index contributed by atoms with van der Waals surface area (Å²) < 4.78 is 81.1. The SMILES string of the molecule is CN(Cc1cccc(C(F)(F)F)c1)c1cc(OC(F)(F)F)cc(-c2n[nH]nc2C#N)c1. The van der Waals surface area contributed by atoms with Gasteiger partial charge < -0.3 is 9.64 Å². The van der Waals surface area contributed by atoms with E-state index in [1.165, 1.54) is 30.1 Å². The molecule has 0 bridgehead atoms. The summed E-state index contributed by atoms with van der Waals surface area (Å²) in [4.78, 5) is 1.44. The second kappa shape index (κ2) is 8.17. The third-order valence-corrected chi connectivity index (χ3v) is 4.17. The van der Waals surface area contributed by atoms with Crippen LogP contribution in [-0.2, 0) is 12.7 Å². The van der Waals surface area contributed by atoms with Crippen molar-refractivity contribution in [3.05, 3.63) is 59.3 Å². The fraction of sp³-hybridized carbons (Fsp3) is 0.211. The fourth-order valence-corrected chi connectivity index (χ4v) is 2.85. The van der Waals surface area contributed by atoms with Gasteiger partial charge in [0.2, 0.25) is 0 Å². The van der Waals surface area contributed by atoms with E-state index in [4.69, 9.17) is 5.26 Å². The summed E-state index contributed by atoms with van der Waals surface area (Å²) in [6.07, 6.45) is -9.50. The summed E-state index contributed by atoms with van der Waals surface area (Å²) in [6.45, 7) is -0.0389. The minimum absolute atomic E-state index is 0.00356. The molecule has 6 nitrogen and oxygen atoms in total. The quantitative estimate of drug-likeness (QED) is 0.570. The van der Waals surface area contributed by atoms with Gasteiger partial charge in [0.05, 0.1) is 5.56 Å². The van der Waals surface area contributed by atoms with Gasteiger partial charge in [0.25, 0.3) is 0 Å². The van der Waals surface area contributed by atoms with Crippen LogP contribution in [0.25, 0.3) is 11.3 Å². The van der Waals surface area contributed by atoms with Gasteiger partial charge in [-0.05, 0) is 29.8 Å². The van der Waals surface area contributed by atoms with Gasteiger partial charge in [-0.3, -0.25) is 0 Å². The Bertz CT molecular complexity index is 1120. The lowest BCUT2D eigenvalue weighted by Crippen LogP contribution is -2.19. The monoisotopic (exact) mass is 441 g/mol. The standard InChI is InChI=1S/C19H13F6N5O/c1-30(10-11-3-2-4-13(5-11)18(20,21)22)14-6-12(17-16(9-26)27-29-28-17)7-15(8-14)31-19(23,24)25/h2-8H,10H2,1H3,(H,27,28,29). The lowest BCUT2D eigenvalue weighted by atomic mass is 10.1. The number of rotatable bonds is 5. The third-order valence-electron chi connectivity index (χ3n) is 4.17. The zero-order valence-electron chi connectivity index (χ0n) is 15.7. The predicted octanol–water partition coefficient (Wildman–Crippen LogP) is 4.90. The number of benzene rings is 2. The zero-order valence-corrected chi connectivity index (χ0v) is 15.7. The highest BCUT2D eigenvalue weighted by Crippen LogP contribution is 2.34. The summed E-state index contributed by atoms with van der Waals surface area (Å²) >= 11 is 0. The van der Waals surface area contributed by atoms with Crippen molar-refractivity contribution in [1.29, 1.82) is 5.26 Å². The summed E-state index contributed by atoms with van der Waals surface area (Å²) in [5.74, 6) is -0.581. The van der Waals surface area contributed by atoms with E-state index in [1.54, 1.807) is 6.07 Å². The molecule has 162 valence electrons.